The highest BCUT2D eigenvalue weighted by Crippen LogP contribution is 2.21. The average Bonchev–Trinajstić information content (AvgIpc) is 2.90. The summed E-state index contributed by atoms with van der Waals surface area (Å²) in [4.78, 5) is 23.7. The molecule has 1 heterocycles. The van der Waals surface area contributed by atoms with Crippen LogP contribution in [0.2, 0.25) is 0 Å². The van der Waals surface area contributed by atoms with E-state index in [1.54, 1.807) is 19.9 Å². The number of methoxy groups -OCH3 is 1. The summed E-state index contributed by atoms with van der Waals surface area (Å²) in [5, 5.41) is 15.8. The second-order valence-electron chi connectivity index (χ2n) is 5.46. The number of amides is 1. The second-order valence-corrected chi connectivity index (χ2v) is 5.46. The first kappa shape index (κ1) is 17.5. The Kier molecular flexibility index (Phi) is 5.57. The zero-order valence-corrected chi connectivity index (χ0v) is 13.8. The van der Waals surface area contributed by atoms with Crippen molar-refractivity contribution in [3.8, 4) is 5.75 Å². The van der Waals surface area contributed by atoms with Crippen LogP contribution >= 0.6 is 0 Å². The molecule has 0 saturated heterocycles. The van der Waals surface area contributed by atoms with Crippen molar-refractivity contribution >= 4 is 11.9 Å². The smallest absolute Gasteiger partial charge is 0.308 e. The minimum absolute atomic E-state index is 0.00370. The number of hydrogen-bond donors (Lipinski definition) is 2. The van der Waals surface area contributed by atoms with Gasteiger partial charge in [0.2, 0.25) is 0 Å². The normalized spacial score (nSPS) is 11.8. The van der Waals surface area contributed by atoms with Gasteiger partial charge in [-0.2, -0.15) is 0 Å². The van der Waals surface area contributed by atoms with Crippen LogP contribution in [0.15, 0.2) is 28.8 Å². The molecule has 1 amide bonds. The quantitative estimate of drug-likeness (QED) is 0.804. The highest BCUT2D eigenvalue weighted by atomic mass is 16.5. The number of carboxylic acids is 1. The number of aromatic nitrogens is 1. The van der Waals surface area contributed by atoms with Crippen LogP contribution in [-0.4, -0.2) is 35.8 Å². The van der Waals surface area contributed by atoms with E-state index >= 15 is 0 Å². The molecule has 0 fully saturated rings. The number of carbonyl (C=O) groups excluding carboxylic acids is 1. The number of carboxylic acid groups (broad SMARTS) is 1. The van der Waals surface area contributed by atoms with E-state index in [2.05, 4.69) is 10.5 Å². The molecular formula is C17H20N2O5. The van der Waals surface area contributed by atoms with Gasteiger partial charge in [0.15, 0.2) is 0 Å². The molecule has 7 heteroatoms. The van der Waals surface area contributed by atoms with Gasteiger partial charge in [-0.25, -0.2) is 0 Å². The third kappa shape index (κ3) is 3.92. The lowest BCUT2D eigenvalue weighted by Gasteiger charge is -2.15. The van der Waals surface area contributed by atoms with Gasteiger partial charge in [-0.1, -0.05) is 23.4 Å². The summed E-state index contributed by atoms with van der Waals surface area (Å²) < 4.78 is 10.2. The Bertz CT molecular complexity index is 719. The van der Waals surface area contributed by atoms with Crippen LogP contribution in [0.1, 0.15) is 27.4 Å². The Morgan fingerprint density at radius 2 is 2.04 bits per heavy atom. The molecule has 24 heavy (non-hydrogen) atoms. The first-order valence-electron chi connectivity index (χ1n) is 7.49. The largest absolute Gasteiger partial charge is 0.496 e. The van der Waals surface area contributed by atoms with Crippen molar-refractivity contribution in [2.45, 2.75) is 20.3 Å². The summed E-state index contributed by atoms with van der Waals surface area (Å²) in [6.45, 7) is 3.30. The molecule has 0 spiro atoms. The number of rotatable bonds is 7. The number of hydrogen-bond acceptors (Lipinski definition) is 5. The molecule has 0 aliphatic carbocycles. The number of nitrogens with zero attached hydrogens (tertiary/aromatic N) is 1. The Morgan fingerprint density at radius 1 is 1.33 bits per heavy atom. The van der Waals surface area contributed by atoms with Crippen molar-refractivity contribution < 1.29 is 24.0 Å². The number of benzene rings is 1. The molecule has 0 saturated carbocycles. The molecule has 0 aliphatic rings. The van der Waals surface area contributed by atoms with E-state index in [4.69, 9.17) is 9.26 Å². The monoisotopic (exact) mass is 332 g/mol. The summed E-state index contributed by atoms with van der Waals surface area (Å²) >= 11 is 0. The van der Waals surface area contributed by atoms with Gasteiger partial charge in [-0.15, -0.1) is 0 Å². The van der Waals surface area contributed by atoms with Gasteiger partial charge in [0.1, 0.15) is 17.1 Å². The van der Waals surface area contributed by atoms with Crippen molar-refractivity contribution in [3.63, 3.8) is 0 Å². The standard InChI is InChI=1S/C17H20N2O5/c1-10-15(11(2)24-19-10)16(20)18-9-13(17(21)22)8-12-6-4-5-7-14(12)23-3/h4-7,13H,8-9H2,1-3H3,(H,18,20)(H,21,22). The lowest BCUT2D eigenvalue weighted by molar-refractivity contribution is -0.141. The summed E-state index contributed by atoms with van der Waals surface area (Å²) in [6.07, 6.45) is 0.251. The van der Waals surface area contributed by atoms with E-state index in [9.17, 15) is 14.7 Å². The van der Waals surface area contributed by atoms with E-state index in [-0.39, 0.29) is 13.0 Å². The van der Waals surface area contributed by atoms with Crippen molar-refractivity contribution in [2.24, 2.45) is 5.92 Å². The lowest BCUT2D eigenvalue weighted by atomic mass is 9.98. The van der Waals surface area contributed by atoms with Crippen LogP contribution in [0.3, 0.4) is 0 Å². The first-order valence-corrected chi connectivity index (χ1v) is 7.49. The van der Waals surface area contributed by atoms with Crippen LogP contribution in [0, 0.1) is 19.8 Å². The number of aliphatic carboxylic acids is 1. The Balaban J connectivity index is 2.07. The van der Waals surface area contributed by atoms with E-state index in [0.29, 0.717) is 22.8 Å². The second kappa shape index (κ2) is 7.63. The maximum atomic E-state index is 12.2. The molecule has 128 valence electrons. The minimum Gasteiger partial charge on any atom is -0.496 e. The maximum Gasteiger partial charge on any atom is 0.308 e. The maximum absolute atomic E-state index is 12.2. The number of carbonyl (C=O) groups is 2. The summed E-state index contributed by atoms with van der Waals surface area (Å²) in [5.74, 6) is -1.12. The van der Waals surface area contributed by atoms with Gasteiger partial charge in [0, 0.05) is 6.54 Å². The third-order valence-corrected chi connectivity index (χ3v) is 3.78. The molecule has 0 bridgehead atoms. The predicted molar refractivity (Wildman–Crippen MR) is 86.1 cm³/mol. The fourth-order valence-corrected chi connectivity index (χ4v) is 2.50. The molecule has 1 aromatic carbocycles. The van der Waals surface area contributed by atoms with Crippen LogP contribution in [0.25, 0.3) is 0 Å². The molecule has 1 aromatic heterocycles. The van der Waals surface area contributed by atoms with Gasteiger partial charge in [-0.05, 0) is 31.9 Å². The average molecular weight is 332 g/mol. The molecule has 2 rings (SSSR count). The number of para-hydroxylation sites is 1. The Hall–Kier alpha value is -2.83. The van der Waals surface area contributed by atoms with Crippen LogP contribution in [0.4, 0.5) is 0 Å². The first-order chi connectivity index (χ1) is 11.4. The molecule has 2 N–H and O–H groups in total. The number of ether oxygens (including phenoxy) is 1. The van der Waals surface area contributed by atoms with E-state index in [1.165, 1.54) is 7.11 Å². The van der Waals surface area contributed by atoms with E-state index in [0.717, 1.165) is 5.56 Å². The fraction of sp³-hybridized carbons (Fsp3) is 0.353. The molecular weight excluding hydrogens is 312 g/mol. The van der Waals surface area contributed by atoms with Crippen molar-refractivity contribution in [3.05, 3.63) is 46.8 Å². The van der Waals surface area contributed by atoms with Crippen LogP contribution < -0.4 is 10.1 Å². The summed E-state index contributed by atoms with van der Waals surface area (Å²) in [7, 11) is 1.54. The summed E-state index contributed by atoms with van der Waals surface area (Å²) in [5.41, 5.74) is 1.59. The molecule has 7 nitrogen and oxygen atoms in total. The predicted octanol–water partition coefficient (Wildman–Crippen LogP) is 1.97. The molecule has 0 aliphatic heterocycles. The molecule has 2 aromatic rings. The summed E-state index contributed by atoms with van der Waals surface area (Å²) in [6, 6.07) is 7.22. The number of aryl methyl sites for hydroxylation is 2. The van der Waals surface area contributed by atoms with Crippen LogP contribution in [-0.2, 0) is 11.2 Å². The van der Waals surface area contributed by atoms with Crippen molar-refractivity contribution in [2.75, 3.05) is 13.7 Å². The van der Waals surface area contributed by atoms with Gasteiger partial charge in [0.25, 0.3) is 5.91 Å². The van der Waals surface area contributed by atoms with Crippen LogP contribution in [0.5, 0.6) is 5.75 Å². The van der Waals surface area contributed by atoms with Gasteiger partial charge in [-0.3, -0.25) is 9.59 Å². The SMILES string of the molecule is COc1ccccc1CC(CNC(=O)c1c(C)noc1C)C(=O)O. The van der Waals surface area contributed by atoms with Gasteiger partial charge < -0.3 is 19.7 Å². The number of nitrogens with one attached hydrogen (secondary N) is 1. The molecule has 1 unspecified atom stereocenters. The highest BCUT2D eigenvalue weighted by molar-refractivity contribution is 5.96. The Labute approximate surface area is 139 Å². The van der Waals surface area contributed by atoms with E-state index in [1.807, 2.05) is 18.2 Å². The molecule has 1 atom stereocenters. The Morgan fingerprint density at radius 3 is 2.62 bits per heavy atom. The van der Waals surface area contributed by atoms with Gasteiger partial charge >= 0.3 is 5.97 Å². The lowest BCUT2D eigenvalue weighted by Crippen LogP contribution is -2.34. The zero-order chi connectivity index (χ0) is 17.7. The van der Waals surface area contributed by atoms with Crippen molar-refractivity contribution in [1.29, 1.82) is 0 Å². The van der Waals surface area contributed by atoms with E-state index < -0.39 is 17.8 Å². The topological polar surface area (TPSA) is 102 Å². The fourth-order valence-electron chi connectivity index (χ4n) is 2.50. The third-order valence-electron chi connectivity index (χ3n) is 3.78. The highest BCUT2D eigenvalue weighted by Gasteiger charge is 2.23. The zero-order valence-electron chi connectivity index (χ0n) is 13.8. The minimum atomic E-state index is -0.986. The van der Waals surface area contributed by atoms with Gasteiger partial charge in [0.05, 0.1) is 18.7 Å². The van der Waals surface area contributed by atoms with Crippen molar-refractivity contribution in [1.82, 2.24) is 10.5 Å². The molecule has 0 radical (unpaired) electrons.